The van der Waals surface area contributed by atoms with E-state index in [1.54, 1.807) is 7.05 Å². The van der Waals surface area contributed by atoms with Crippen molar-refractivity contribution in [1.29, 1.82) is 0 Å². The number of allylic oxidation sites excluding steroid dienone is 3. The molecule has 0 aliphatic carbocycles. The highest BCUT2D eigenvalue weighted by Crippen LogP contribution is 2.00. The van der Waals surface area contributed by atoms with Crippen molar-refractivity contribution in [2.24, 2.45) is 4.99 Å². The first-order valence-corrected chi connectivity index (χ1v) is 3.17. The summed E-state index contributed by atoms with van der Waals surface area (Å²) >= 11 is 0. The number of rotatable bonds is 2. The predicted octanol–water partition coefficient (Wildman–Crippen LogP) is 2.36. The molecule has 0 amide bonds. The molecule has 54 valence electrons. The second-order valence-corrected chi connectivity index (χ2v) is 2.10. The zero-order chi connectivity index (χ0) is 7.98. The van der Waals surface area contributed by atoms with Crippen molar-refractivity contribution in [1.82, 2.24) is 0 Å². The summed E-state index contributed by atoms with van der Waals surface area (Å²) in [7, 11) is 1.76. The van der Waals surface area contributed by atoms with Gasteiger partial charge in [0.25, 0.3) is 0 Å². The standard InChI is InChI=1S/C9H13N/c1-5-6-8(2)9(3)7-10-4/h6-7H,1H2,2-4H3/b9-8-,10-7?. The summed E-state index contributed by atoms with van der Waals surface area (Å²) in [4.78, 5) is 3.89. The lowest BCUT2D eigenvalue weighted by molar-refractivity contribution is 1.39. The van der Waals surface area contributed by atoms with Gasteiger partial charge in [-0.05, 0) is 31.1 Å². The zero-order valence-corrected chi connectivity index (χ0v) is 6.81. The van der Waals surface area contributed by atoms with Crippen LogP contribution in [0.5, 0.6) is 0 Å². The van der Waals surface area contributed by atoms with E-state index in [9.17, 15) is 0 Å². The average molecular weight is 135 g/mol. The minimum absolute atomic E-state index is 1.15. The van der Waals surface area contributed by atoms with Crippen LogP contribution < -0.4 is 0 Å². The van der Waals surface area contributed by atoms with Crippen LogP contribution in [0.1, 0.15) is 13.8 Å². The molecule has 0 fully saturated rings. The first-order chi connectivity index (χ1) is 4.72. The van der Waals surface area contributed by atoms with Crippen molar-refractivity contribution < 1.29 is 0 Å². The molecule has 0 aliphatic heterocycles. The van der Waals surface area contributed by atoms with Gasteiger partial charge in [0.2, 0.25) is 0 Å². The molecule has 0 aromatic carbocycles. The Morgan fingerprint density at radius 3 is 2.40 bits per heavy atom. The smallest absolute Gasteiger partial charge is 0.0277 e. The zero-order valence-electron chi connectivity index (χ0n) is 6.81. The van der Waals surface area contributed by atoms with E-state index in [4.69, 9.17) is 0 Å². The summed E-state index contributed by atoms with van der Waals surface area (Å²) in [5.74, 6) is 0. The van der Waals surface area contributed by atoms with Gasteiger partial charge in [-0.25, -0.2) is 0 Å². The average Bonchev–Trinajstić information content (AvgIpc) is 1.89. The maximum atomic E-state index is 3.89. The van der Waals surface area contributed by atoms with Crippen LogP contribution in [0.25, 0.3) is 0 Å². The van der Waals surface area contributed by atoms with Crippen LogP contribution in [-0.2, 0) is 0 Å². The first-order valence-electron chi connectivity index (χ1n) is 3.17. The Hall–Kier alpha value is -1.07. The van der Waals surface area contributed by atoms with Crippen LogP contribution in [0.3, 0.4) is 0 Å². The lowest BCUT2D eigenvalue weighted by Crippen LogP contribution is -1.81. The molecule has 0 spiro atoms. The fourth-order valence-corrected chi connectivity index (χ4v) is 0.562. The van der Waals surface area contributed by atoms with Crippen molar-refractivity contribution in [3.8, 4) is 0 Å². The maximum absolute atomic E-state index is 3.89. The van der Waals surface area contributed by atoms with Crippen LogP contribution in [-0.4, -0.2) is 13.3 Å². The first kappa shape index (κ1) is 8.93. The van der Waals surface area contributed by atoms with Gasteiger partial charge in [-0.3, -0.25) is 4.99 Å². The Kier molecular flexibility index (Phi) is 4.26. The van der Waals surface area contributed by atoms with E-state index in [0.717, 1.165) is 11.1 Å². The third-order valence-corrected chi connectivity index (χ3v) is 1.26. The highest BCUT2D eigenvalue weighted by atomic mass is 14.6. The molecule has 0 saturated carbocycles. The molecule has 10 heavy (non-hydrogen) atoms. The van der Waals surface area contributed by atoms with Gasteiger partial charge in [0, 0.05) is 13.3 Å². The van der Waals surface area contributed by atoms with Gasteiger partial charge < -0.3 is 0 Å². The summed E-state index contributed by atoms with van der Waals surface area (Å²) in [6.07, 6.45) is 3.67. The molecule has 0 atom stereocenters. The predicted molar refractivity (Wildman–Crippen MR) is 46.5 cm³/mol. The van der Waals surface area contributed by atoms with Crippen molar-refractivity contribution in [3.05, 3.63) is 29.5 Å². The van der Waals surface area contributed by atoms with Crippen LogP contribution in [0.2, 0.25) is 0 Å². The molecule has 0 saturated heterocycles. The van der Waals surface area contributed by atoms with E-state index < -0.39 is 0 Å². The summed E-state index contributed by atoms with van der Waals surface area (Å²) in [6.45, 7) is 7.50. The number of nitrogens with zero attached hydrogens (tertiary/aromatic N) is 1. The quantitative estimate of drug-likeness (QED) is 0.313. The molecule has 0 aromatic rings. The lowest BCUT2D eigenvalue weighted by Gasteiger charge is -1.92. The maximum Gasteiger partial charge on any atom is 0.0277 e. The van der Waals surface area contributed by atoms with Crippen molar-refractivity contribution in [3.63, 3.8) is 0 Å². The molecule has 0 aliphatic rings. The second-order valence-electron chi connectivity index (χ2n) is 2.10. The molecule has 0 aromatic heterocycles. The third-order valence-electron chi connectivity index (χ3n) is 1.26. The van der Waals surface area contributed by atoms with Gasteiger partial charge in [0.1, 0.15) is 0 Å². The fraction of sp³-hybridized carbons (Fsp3) is 0.333. The van der Waals surface area contributed by atoms with Crippen LogP contribution in [0.15, 0.2) is 34.5 Å². The molecule has 1 heteroatoms. The number of hydrogen-bond acceptors (Lipinski definition) is 1. The van der Waals surface area contributed by atoms with Crippen molar-refractivity contribution in [2.75, 3.05) is 7.05 Å². The SMILES string of the molecule is C=C=C/C(C)=C(/C)C=NC. The minimum Gasteiger partial charge on any atom is -0.296 e. The number of aliphatic imine (C=N–C) groups is 1. The van der Waals surface area contributed by atoms with Gasteiger partial charge in [0.05, 0.1) is 0 Å². The molecular weight excluding hydrogens is 122 g/mol. The van der Waals surface area contributed by atoms with E-state index >= 15 is 0 Å². The molecule has 0 N–H and O–H groups in total. The van der Waals surface area contributed by atoms with Crippen LogP contribution in [0.4, 0.5) is 0 Å². The van der Waals surface area contributed by atoms with Crippen molar-refractivity contribution >= 4 is 6.21 Å². The molecule has 0 heterocycles. The van der Waals surface area contributed by atoms with Crippen LogP contribution >= 0.6 is 0 Å². The molecule has 0 rings (SSSR count). The van der Waals surface area contributed by atoms with Gasteiger partial charge in [-0.1, -0.05) is 6.58 Å². The Balaban J connectivity index is 4.49. The van der Waals surface area contributed by atoms with Gasteiger partial charge >= 0.3 is 0 Å². The topological polar surface area (TPSA) is 12.4 Å². The molecule has 0 bridgehead atoms. The Morgan fingerprint density at radius 2 is 2.00 bits per heavy atom. The normalized spacial score (nSPS) is 12.7. The van der Waals surface area contributed by atoms with Gasteiger partial charge in [-0.2, -0.15) is 0 Å². The van der Waals surface area contributed by atoms with E-state index in [-0.39, 0.29) is 0 Å². The third kappa shape index (κ3) is 3.06. The van der Waals surface area contributed by atoms with E-state index in [0.29, 0.717) is 0 Å². The number of hydrogen-bond donors (Lipinski definition) is 0. The van der Waals surface area contributed by atoms with E-state index in [2.05, 4.69) is 17.3 Å². The van der Waals surface area contributed by atoms with E-state index in [1.165, 1.54) is 0 Å². The Labute approximate surface area is 62.5 Å². The summed E-state index contributed by atoms with van der Waals surface area (Å²) in [5, 5.41) is 0. The minimum atomic E-state index is 1.15. The van der Waals surface area contributed by atoms with Crippen LogP contribution in [0, 0.1) is 0 Å². The van der Waals surface area contributed by atoms with E-state index in [1.807, 2.05) is 26.1 Å². The summed E-state index contributed by atoms with van der Waals surface area (Å²) in [5.41, 5.74) is 5.02. The Bertz CT molecular complexity index is 203. The molecular formula is C9H13N. The lowest BCUT2D eigenvalue weighted by atomic mass is 10.2. The Morgan fingerprint density at radius 1 is 1.40 bits per heavy atom. The summed E-state index contributed by atoms with van der Waals surface area (Å²) < 4.78 is 0. The second kappa shape index (κ2) is 4.78. The van der Waals surface area contributed by atoms with Crippen molar-refractivity contribution in [2.45, 2.75) is 13.8 Å². The fourth-order valence-electron chi connectivity index (χ4n) is 0.562. The molecule has 0 radical (unpaired) electrons. The largest absolute Gasteiger partial charge is 0.296 e. The molecule has 1 nitrogen and oxygen atoms in total. The van der Waals surface area contributed by atoms with Gasteiger partial charge in [-0.15, -0.1) is 5.73 Å². The highest BCUT2D eigenvalue weighted by Gasteiger charge is 1.85. The summed E-state index contributed by atoms with van der Waals surface area (Å²) in [6, 6.07) is 0. The highest BCUT2D eigenvalue weighted by molar-refractivity contribution is 5.79. The van der Waals surface area contributed by atoms with Gasteiger partial charge in [0.15, 0.2) is 0 Å². The molecule has 0 unspecified atom stereocenters. The monoisotopic (exact) mass is 135 g/mol.